The number of anilines is 1. The zero-order valence-corrected chi connectivity index (χ0v) is 12.6. The first-order valence-corrected chi connectivity index (χ1v) is 7.16. The van der Waals surface area contributed by atoms with Gasteiger partial charge in [0.15, 0.2) is 0 Å². The van der Waals surface area contributed by atoms with Crippen molar-refractivity contribution >= 4 is 27.8 Å². The Kier molecular flexibility index (Phi) is 4.27. The number of aryl methyl sites for hydroxylation is 2. The van der Waals surface area contributed by atoms with Crippen LogP contribution in [0.1, 0.15) is 12.5 Å². The molecule has 2 rings (SSSR count). The molecule has 1 aromatic heterocycles. The van der Waals surface area contributed by atoms with Crippen molar-refractivity contribution in [3.63, 3.8) is 0 Å². The van der Waals surface area contributed by atoms with Crippen LogP contribution in [0.3, 0.4) is 0 Å². The lowest BCUT2D eigenvalue weighted by Crippen LogP contribution is -2.23. The zero-order valence-electron chi connectivity index (χ0n) is 11.8. The maximum atomic E-state index is 4.33. The summed E-state index contributed by atoms with van der Waals surface area (Å²) >= 11 is 1.58. The molecule has 0 saturated heterocycles. The molecule has 0 atom stereocenters. The predicted octanol–water partition coefficient (Wildman–Crippen LogP) is 3.75. The van der Waals surface area contributed by atoms with Crippen molar-refractivity contribution in [2.45, 2.75) is 13.8 Å². The van der Waals surface area contributed by atoms with Crippen LogP contribution in [0.4, 0.5) is 16.5 Å². The SMILES string of the molecule is CCN(C)c1ccc(N=Nc2scc[n+]2C)c(C)c1. The molecule has 0 saturated carbocycles. The van der Waals surface area contributed by atoms with Crippen LogP contribution in [0.15, 0.2) is 40.0 Å². The topological polar surface area (TPSA) is 31.8 Å². The average Bonchev–Trinajstić information content (AvgIpc) is 2.82. The van der Waals surface area contributed by atoms with Gasteiger partial charge in [0.1, 0.15) is 11.9 Å². The number of hydrogen-bond acceptors (Lipinski definition) is 4. The van der Waals surface area contributed by atoms with E-state index in [1.165, 1.54) is 5.69 Å². The second-order valence-electron chi connectivity index (χ2n) is 4.48. The Morgan fingerprint density at radius 2 is 2.11 bits per heavy atom. The lowest BCUT2D eigenvalue weighted by atomic mass is 10.2. The molecule has 1 aromatic carbocycles. The molecule has 4 nitrogen and oxygen atoms in total. The largest absolute Gasteiger partial charge is 0.408 e. The van der Waals surface area contributed by atoms with Crippen LogP contribution in [-0.2, 0) is 7.05 Å². The molecule has 0 radical (unpaired) electrons. The van der Waals surface area contributed by atoms with Crippen molar-refractivity contribution < 1.29 is 4.57 Å². The molecule has 100 valence electrons. The number of benzene rings is 1. The first-order valence-electron chi connectivity index (χ1n) is 6.28. The highest BCUT2D eigenvalue weighted by molar-refractivity contribution is 7.12. The first kappa shape index (κ1) is 13.7. The summed E-state index contributed by atoms with van der Waals surface area (Å²) in [5.41, 5.74) is 3.27. The van der Waals surface area contributed by atoms with E-state index in [1.807, 2.05) is 29.3 Å². The van der Waals surface area contributed by atoms with Crippen molar-refractivity contribution in [1.29, 1.82) is 0 Å². The minimum Gasteiger partial charge on any atom is -0.375 e. The average molecular weight is 275 g/mol. The number of thiazole rings is 1. The highest BCUT2D eigenvalue weighted by Crippen LogP contribution is 2.26. The molecule has 0 aliphatic rings. The van der Waals surface area contributed by atoms with Crippen molar-refractivity contribution in [2.75, 3.05) is 18.5 Å². The zero-order chi connectivity index (χ0) is 13.8. The molecule has 0 N–H and O–H groups in total. The molecule has 0 fully saturated rings. The maximum Gasteiger partial charge on any atom is 0.408 e. The van der Waals surface area contributed by atoms with Crippen LogP contribution < -0.4 is 9.47 Å². The van der Waals surface area contributed by atoms with E-state index < -0.39 is 0 Å². The van der Waals surface area contributed by atoms with Crippen LogP contribution in [-0.4, -0.2) is 13.6 Å². The van der Waals surface area contributed by atoms with Crippen molar-refractivity contribution in [3.8, 4) is 0 Å². The Balaban J connectivity index is 2.22. The Morgan fingerprint density at radius 3 is 2.68 bits per heavy atom. The monoisotopic (exact) mass is 275 g/mol. The van der Waals surface area contributed by atoms with Crippen LogP contribution in [0.2, 0.25) is 0 Å². The predicted molar refractivity (Wildman–Crippen MR) is 79.8 cm³/mol. The normalized spacial score (nSPS) is 11.2. The second-order valence-corrected chi connectivity index (χ2v) is 5.35. The van der Waals surface area contributed by atoms with Gasteiger partial charge in [-0.1, -0.05) is 0 Å². The molecular weight excluding hydrogens is 256 g/mol. The van der Waals surface area contributed by atoms with E-state index in [2.05, 4.69) is 48.2 Å². The Morgan fingerprint density at radius 1 is 1.32 bits per heavy atom. The van der Waals surface area contributed by atoms with Gasteiger partial charge >= 0.3 is 5.13 Å². The fraction of sp³-hybridized carbons (Fsp3) is 0.357. The third kappa shape index (κ3) is 3.17. The standard InChI is InChI=1S/C14H19N4S/c1-5-17(3)12-6-7-13(11(2)10-12)15-16-14-18(4)8-9-19-14/h6-10H,5H2,1-4H3/q+1. The van der Waals surface area contributed by atoms with E-state index in [-0.39, 0.29) is 0 Å². The molecule has 0 unspecified atom stereocenters. The molecule has 0 bridgehead atoms. The van der Waals surface area contributed by atoms with Crippen LogP contribution in [0.5, 0.6) is 0 Å². The van der Waals surface area contributed by atoms with Gasteiger partial charge in [0, 0.05) is 24.7 Å². The summed E-state index contributed by atoms with van der Waals surface area (Å²) in [4.78, 5) is 2.20. The minimum atomic E-state index is 0.897. The fourth-order valence-corrected chi connectivity index (χ4v) is 2.37. The summed E-state index contributed by atoms with van der Waals surface area (Å²) in [5, 5.41) is 11.5. The molecular formula is C14H19N4S+. The Hall–Kier alpha value is -1.75. The van der Waals surface area contributed by atoms with Crippen molar-refractivity contribution in [3.05, 3.63) is 35.3 Å². The molecule has 1 heterocycles. The molecule has 5 heteroatoms. The van der Waals surface area contributed by atoms with Gasteiger partial charge in [0.05, 0.1) is 12.2 Å². The third-order valence-corrected chi connectivity index (χ3v) is 3.94. The third-order valence-electron chi connectivity index (χ3n) is 3.10. The van der Waals surface area contributed by atoms with E-state index >= 15 is 0 Å². The number of rotatable bonds is 4. The lowest BCUT2D eigenvalue weighted by Gasteiger charge is -2.17. The lowest BCUT2D eigenvalue weighted by molar-refractivity contribution is -0.654. The van der Waals surface area contributed by atoms with Crippen molar-refractivity contribution in [1.82, 2.24) is 0 Å². The molecule has 0 aliphatic heterocycles. The summed E-state index contributed by atoms with van der Waals surface area (Å²) in [6.07, 6.45) is 1.98. The minimum absolute atomic E-state index is 0.897. The van der Waals surface area contributed by atoms with E-state index in [0.29, 0.717) is 0 Å². The molecule has 0 spiro atoms. The number of nitrogens with zero attached hydrogens (tertiary/aromatic N) is 4. The number of azo groups is 1. The summed E-state index contributed by atoms with van der Waals surface area (Å²) < 4.78 is 1.96. The number of aromatic nitrogens is 1. The van der Waals surface area contributed by atoms with E-state index in [1.54, 1.807) is 11.3 Å². The Labute approximate surface area is 118 Å². The molecule has 2 aromatic rings. The number of hydrogen-bond donors (Lipinski definition) is 0. The first-order chi connectivity index (χ1) is 9.11. The Bertz CT molecular complexity index is 589. The van der Waals surface area contributed by atoms with Gasteiger partial charge in [-0.2, -0.15) is 0 Å². The summed E-state index contributed by atoms with van der Waals surface area (Å²) in [5.74, 6) is 0. The maximum absolute atomic E-state index is 4.33. The quantitative estimate of drug-likeness (QED) is 0.617. The summed E-state index contributed by atoms with van der Waals surface area (Å²) in [7, 11) is 4.05. The van der Waals surface area contributed by atoms with Gasteiger partial charge in [-0.05, 0) is 54.1 Å². The van der Waals surface area contributed by atoms with Gasteiger partial charge in [-0.25, -0.2) is 4.57 Å². The van der Waals surface area contributed by atoms with Gasteiger partial charge in [0.2, 0.25) is 0 Å². The molecule has 19 heavy (non-hydrogen) atoms. The van der Waals surface area contributed by atoms with Gasteiger partial charge in [0.25, 0.3) is 0 Å². The van der Waals surface area contributed by atoms with Crippen LogP contribution in [0, 0.1) is 6.92 Å². The van der Waals surface area contributed by atoms with Crippen LogP contribution in [0.25, 0.3) is 0 Å². The van der Waals surface area contributed by atoms with Crippen molar-refractivity contribution in [2.24, 2.45) is 17.3 Å². The van der Waals surface area contributed by atoms with Gasteiger partial charge in [-0.3, -0.25) is 0 Å². The van der Waals surface area contributed by atoms with Gasteiger partial charge in [-0.15, -0.1) is 0 Å². The van der Waals surface area contributed by atoms with E-state index in [9.17, 15) is 0 Å². The highest BCUT2D eigenvalue weighted by atomic mass is 32.1. The molecule has 0 amide bonds. The van der Waals surface area contributed by atoms with Gasteiger partial charge < -0.3 is 4.90 Å². The summed E-state index contributed by atoms with van der Waals surface area (Å²) in [6.45, 7) is 5.20. The second kappa shape index (κ2) is 5.93. The summed E-state index contributed by atoms with van der Waals surface area (Å²) in [6, 6.07) is 6.25. The molecule has 0 aliphatic carbocycles. The smallest absolute Gasteiger partial charge is 0.375 e. The van der Waals surface area contributed by atoms with E-state index in [4.69, 9.17) is 0 Å². The van der Waals surface area contributed by atoms with E-state index in [0.717, 1.165) is 22.9 Å². The fourth-order valence-electron chi connectivity index (χ4n) is 1.69. The van der Waals surface area contributed by atoms with Crippen LogP contribution >= 0.6 is 11.3 Å². The highest BCUT2D eigenvalue weighted by Gasteiger charge is 2.08.